The highest BCUT2D eigenvalue weighted by Crippen LogP contribution is 2.27. The number of piperidine rings is 1. The topological polar surface area (TPSA) is 21.3 Å². The maximum absolute atomic E-state index is 13.7. The first kappa shape index (κ1) is 12.3. The minimum absolute atomic E-state index is 0.313. The van der Waals surface area contributed by atoms with Crippen molar-refractivity contribution in [1.29, 1.82) is 0 Å². The smallest absolute Gasteiger partial charge is 0.133 e. The van der Waals surface area contributed by atoms with E-state index in [0.717, 1.165) is 32.0 Å². The van der Waals surface area contributed by atoms with Crippen molar-refractivity contribution in [3.63, 3.8) is 0 Å². The lowest BCUT2D eigenvalue weighted by Crippen LogP contribution is -2.31. The molecule has 0 radical (unpaired) electrons. The fourth-order valence-electron chi connectivity index (χ4n) is 2.35. The average molecular weight is 241 g/mol. The molecule has 0 aliphatic carbocycles. The molecule has 1 aliphatic rings. The number of ether oxygens (including phenoxy) is 1. The Balaban J connectivity index is 2.18. The van der Waals surface area contributed by atoms with Crippen molar-refractivity contribution in [2.24, 2.45) is 5.92 Å². The summed E-state index contributed by atoms with van der Waals surface area (Å²) in [5.74, 6) is -0.386. The molecule has 94 valence electrons. The van der Waals surface area contributed by atoms with Crippen LogP contribution in [0.2, 0.25) is 0 Å². The van der Waals surface area contributed by atoms with Gasteiger partial charge in [0.05, 0.1) is 7.11 Å². The Morgan fingerprint density at radius 3 is 2.88 bits per heavy atom. The molecule has 1 unspecified atom stereocenters. The first-order valence-electron chi connectivity index (χ1n) is 5.93. The van der Waals surface area contributed by atoms with Crippen LogP contribution in [0.3, 0.4) is 0 Å². The molecule has 0 amide bonds. The van der Waals surface area contributed by atoms with Crippen molar-refractivity contribution in [2.75, 3.05) is 20.2 Å². The van der Waals surface area contributed by atoms with Gasteiger partial charge in [-0.1, -0.05) is 0 Å². The highest BCUT2D eigenvalue weighted by atomic mass is 19.1. The van der Waals surface area contributed by atoms with E-state index in [1.54, 1.807) is 0 Å². The van der Waals surface area contributed by atoms with E-state index in [9.17, 15) is 8.78 Å². The third kappa shape index (κ3) is 2.94. The lowest BCUT2D eigenvalue weighted by Gasteiger charge is -2.23. The SMILES string of the molecule is COc1cc(F)cc(F)c1CC1CCCNC1. The van der Waals surface area contributed by atoms with Crippen molar-refractivity contribution in [2.45, 2.75) is 19.3 Å². The Morgan fingerprint density at radius 2 is 2.24 bits per heavy atom. The number of halogens is 2. The van der Waals surface area contributed by atoms with Gasteiger partial charge in [-0.15, -0.1) is 0 Å². The van der Waals surface area contributed by atoms with Gasteiger partial charge in [0.2, 0.25) is 0 Å². The monoisotopic (exact) mass is 241 g/mol. The van der Waals surface area contributed by atoms with Gasteiger partial charge in [-0.05, 0) is 38.3 Å². The van der Waals surface area contributed by atoms with E-state index in [4.69, 9.17) is 4.74 Å². The van der Waals surface area contributed by atoms with E-state index >= 15 is 0 Å². The third-order valence-electron chi connectivity index (χ3n) is 3.23. The van der Waals surface area contributed by atoms with Crippen LogP contribution in [-0.4, -0.2) is 20.2 Å². The maximum Gasteiger partial charge on any atom is 0.133 e. The van der Waals surface area contributed by atoms with Crippen LogP contribution in [0, 0.1) is 17.6 Å². The summed E-state index contributed by atoms with van der Waals surface area (Å²) in [7, 11) is 1.44. The Hall–Kier alpha value is -1.16. The molecule has 1 aliphatic heterocycles. The third-order valence-corrected chi connectivity index (χ3v) is 3.23. The van der Waals surface area contributed by atoms with Gasteiger partial charge in [0, 0.05) is 17.7 Å². The number of rotatable bonds is 3. The molecule has 4 heteroatoms. The molecule has 17 heavy (non-hydrogen) atoms. The first-order chi connectivity index (χ1) is 8.20. The molecule has 0 aromatic heterocycles. The predicted molar refractivity (Wildman–Crippen MR) is 62.2 cm³/mol. The van der Waals surface area contributed by atoms with E-state index in [1.165, 1.54) is 13.2 Å². The molecule has 0 bridgehead atoms. The zero-order chi connectivity index (χ0) is 12.3. The lowest BCUT2D eigenvalue weighted by atomic mass is 9.91. The Labute approximate surface area is 100.0 Å². The Morgan fingerprint density at radius 1 is 1.41 bits per heavy atom. The molecule has 1 heterocycles. The van der Waals surface area contributed by atoms with E-state index in [2.05, 4.69) is 5.32 Å². The molecular formula is C13H17F2NO. The van der Waals surface area contributed by atoms with Crippen LogP contribution in [0.25, 0.3) is 0 Å². The second-order valence-corrected chi connectivity index (χ2v) is 4.48. The molecule has 1 aromatic rings. The molecule has 1 N–H and O–H groups in total. The van der Waals surface area contributed by atoms with Gasteiger partial charge < -0.3 is 10.1 Å². The molecule has 2 nitrogen and oxygen atoms in total. The molecule has 1 saturated heterocycles. The molecular weight excluding hydrogens is 224 g/mol. The first-order valence-corrected chi connectivity index (χ1v) is 5.93. The van der Waals surface area contributed by atoms with Gasteiger partial charge in [0.15, 0.2) is 0 Å². The van der Waals surface area contributed by atoms with Crippen LogP contribution in [0.1, 0.15) is 18.4 Å². The van der Waals surface area contributed by atoms with E-state index in [0.29, 0.717) is 23.7 Å². The van der Waals surface area contributed by atoms with E-state index in [-0.39, 0.29) is 0 Å². The zero-order valence-corrected chi connectivity index (χ0v) is 9.93. The molecule has 0 saturated carbocycles. The van der Waals surface area contributed by atoms with Crippen molar-refractivity contribution >= 4 is 0 Å². The number of hydrogen-bond acceptors (Lipinski definition) is 2. The largest absolute Gasteiger partial charge is 0.496 e. The van der Waals surface area contributed by atoms with Gasteiger partial charge in [-0.25, -0.2) is 8.78 Å². The number of methoxy groups -OCH3 is 1. The van der Waals surface area contributed by atoms with Crippen molar-refractivity contribution < 1.29 is 13.5 Å². The fraction of sp³-hybridized carbons (Fsp3) is 0.538. The summed E-state index contributed by atoms with van der Waals surface area (Å²) in [6.07, 6.45) is 2.78. The number of benzene rings is 1. The van der Waals surface area contributed by atoms with E-state index in [1.807, 2.05) is 0 Å². The molecule has 1 atom stereocenters. The van der Waals surface area contributed by atoms with Crippen LogP contribution in [0.4, 0.5) is 8.78 Å². The second-order valence-electron chi connectivity index (χ2n) is 4.48. The van der Waals surface area contributed by atoms with Gasteiger partial charge in [0.1, 0.15) is 17.4 Å². The maximum atomic E-state index is 13.7. The standard InChI is InChI=1S/C13H17F2NO/c1-17-13-7-10(14)6-12(15)11(13)5-9-3-2-4-16-8-9/h6-7,9,16H,2-5,8H2,1H3. The fourth-order valence-corrected chi connectivity index (χ4v) is 2.35. The number of nitrogens with one attached hydrogen (secondary N) is 1. The number of hydrogen-bond donors (Lipinski definition) is 1. The van der Waals surface area contributed by atoms with Crippen LogP contribution >= 0.6 is 0 Å². The van der Waals surface area contributed by atoms with E-state index < -0.39 is 11.6 Å². The second kappa shape index (κ2) is 5.45. The van der Waals surface area contributed by atoms with Crippen LogP contribution < -0.4 is 10.1 Å². The Kier molecular flexibility index (Phi) is 3.94. The highest BCUT2D eigenvalue weighted by Gasteiger charge is 2.19. The summed E-state index contributed by atoms with van der Waals surface area (Å²) in [6.45, 7) is 1.92. The summed E-state index contributed by atoms with van der Waals surface area (Å²) in [4.78, 5) is 0. The normalized spacial score (nSPS) is 20.3. The molecule has 1 fully saturated rings. The molecule has 2 rings (SSSR count). The quantitative estimate of drug-likeness (QED) is 0.878. The van der Waals surface area contributed by atoms with Gasteiger partial charge in [-0.2, -0.15) is 0 Å². The summed E-state index contributed by atoms with van der Waals surface area (Å²) < 4.78 is 31.8. The summed E-state index contributed by atoms with van der Waals surface area (Å²) in [5.41, 5.74) is 0.489. The van der Waals surface area contributed by atoms with Crippen molar-refractivity contribution in [3.8, 4) is 5.75 Å². The summed E-state index contributed by atoms with van der Waals surface area (Å²) in [6, 6.07) is 2.17. The van der Waals surface area contributed by atoms with Crippen LogP contribution in [0.5, 0.6) is 5.75 Å². The zero-order valence-electron chi connectivity index (χ0n) is 9.93. The Bertz CT molecular complexity index is 389. The average Bonchev–Trinajstić information content (AvgIpc) is 2.33. The molecule has 0 spiro atoms. The van der Waals surface area contributed by atoms with Crippen molar-refractivity contribution in [3.05, 3.63) is 29.3 Å². The van der Waals surface area contributed by atoms with Crippen LogP contribution in [-0.2, 0) is 6.42 Å². The highest BCUT2D eigenvalue weighted by molar-refractivity contribution is 5.35. The minimum atomic E-state index is -0.593. The minimum Gasteiger partial charge on any atom is -0.496 e. The van der Waals surface area contributed by atoms with Gasteiger partial charge in [-0.3, -0.25) is 0 Å². The predicted octanol–water partition coefficient (Wildman–Crippen LogP) is 2.52. The lowest BCUT2D eigenvalue weighted by molar-refractivity contribution is 0.356. The van der Waals surface area contributed by atoms with Gasteiger partial charge in [0.25, 0.3) is 0 Å². The summed E-state index contributed by atoms with van der Waals surface area (Å²) >= 11 is 0. The molecule has 1 aromatic carbocycles. The van der Waals surface area contributed by atoms with Crippen LogP contribution in [0.15, 0.2) is 12.1 Å². The van der Waals surface area contributed by atoms with Gasteiger partial charge >= 0.3 is 0 Å². The van der Waals surface area contributed by atoms with Crippen molar-refractivity contribution in [1.82, 2.24) is 5.32 Å². The summed E-state index contributed by atoms with van der Waals surface area (Å²) in [5, 5.41) is 3.29.